The average Bonchev–Trinajstić information content (AvgIpc) is 2.89. The molecular weight excluding hydrogens is 303 g/mol. The predicted molar refractivity (Wildman–Crippen MR) is 81.1 cm³/mol. The Labute approximate surface area is 125 Å². The highest BCUT2D eigenvalue weighted by Crippen LogP contribution is 2.29. The normalized spacial score (nSPS) is 12.2. The topological polar surface area (TPSA) is 55.1 Å². The lowest BCUT2D eigenvalue weighted by Gasteiger charge is -2.13. The van der Waals surface area contributed by atoms with Gasteiger partial charge in [0.2, 0.25) is 0 Å². The summed E-state index contributed by atoms with van der Waals surface area (Å²) in [5, 5.41) is 5.41. The standard InChI is InChI=1S/C13H12Cl2N2OS/c1-7(11-3-2-4-19-11)17-13(18)8-5-9(14)12(16)10(15)6-8/h2-7H,16H2,1H3,(H,17,18). The van der Waals surface area contributed by atoms with Gasteiger partial charge >= 0.3 is 0 Å². The van der Waals surface area contributed by atoms with E-state index in [1.165, 1.54) is 12.1 Å². The summed E-state index contributed by atoms with van der Waals surface area (Å²) in [6.45, 7) is 1.92. The van der Waals surface area contributed by atoms with Gasteiger partial charge in [0.1, 0.15) is 0 Å². The van der Waals surface area contributed by atoms with Crippen LogP contribution in [0.3, 0.4) is 0 Å². The molecule has 1 amide bonds. The zero-order chi connectivity index (χ0) is 14.0. The molecule has 0 spiro atoms. The molecule has 1 aromatic carbocycles. The van der Waals surface area contributed by atoms with Gasteiger partial charge in [-0.05, 0) is 30.5 Å². The third-order valence-electron chi connectivity index (χ3n) is 2.66. The van der Waals surface area contributed by atoms with E-state index in [4.69, 9.17) is 28.9 Å². The van der Waals surface area contributed by atoms with Gasteiger partial charge in [-0.15, -0.1) is 11.3 Å². The van der Waals surface area contributed by atoms with Crippen molar-refractivity contribution in [3.05, 3.63) is 50.1 Å². The molecule has 0 saturated carbocycles. The lowest BCUT2D eigenvalue weighted by Crippen LogP contribution is -2.26. The van der Waals surface area contributed by atoms with Gasteiger partial charge < -0.3 is 11.1 Å². The summed E-state index contributed by atoms with van der Waals surface area (Å²) in [5.74, 6) is -0.232. The number of carbonyl (C=O) groups is 1. The molecule has 2 rings (SSSR count). The molecule has 0 aliphatic heterocycles. The van der Waals surface area contributed by atoms with Gasteiger partial charge in [0.15, 0.2) is 0 Å². The fourth-order valence-electron chi connectivity index (χ4n) is 1.60. The van der Waals surface area contributed by atoms with Crippen LogP contribution < -0.4 is 11.1 Å². The molecule has 1 heterocycles. The maximum Gasteiger partial charge on any atom is 0.251 e. The Morgan fingerprint density at radius 3 is 2.53 bits per heavy atom. The summed E-state index contributed by atoms with van der Waals surface area (Å²) < 4.78 is 0. The van der Waals surface area contributed by atoms with Gasteiger partial charge in [-0.2, -0.15) is 0 Å². The molecule has 0 aliphatic rings. The van der Waals surface area contributed by atoms with Gasteiger partial charge in [-0.3, -0.25) is 4.79 Å². The van der Waals surface area contributed by atoms with Crippen molar-refractivity contribution >= 4 is 46.1 Å². The number of amides is 1. The fourth-order valence-corrected chi connectivity index (χ4v) is 2.83. The van der Waals surface area contributed by atoms with Crippen LogP contribution >= 0.6 is 34.5 Å². The van der Waals surface area contributed by atoms with Gasteiger partial charge in [-0.1, -0.05) is 29.3 Å². The van der Waals surface area contributed by atoms with Gasteiger partial charge in [0, 0.05) is 10.4 Å². The lowest BCUT2D eigenvalue weighted by molar-refractivity contribution is 0.0940. The third kappa shape index (κ3) is 3.21. The summed E-state index contributed by atoms with van der Waals surface area (Å²) in [5.41, 5.74) is 6.31. The van der Waals surface area contributed by atoms with Crippen molar-refractivity contribution in [1.29, 1.82) is 0 Å². The van der Waals surface area contributed by atoms with Crippen molar-refractivity contribution in [2.24, 2.45) is 0 Å². The van der Waals surface area contributed by atoms with Crippen LogP contribution in [0.2, 0.25) is 10.0 Å². The van der Waals surface area contributed by atoms with E-state index in [0.717, 1.165) is 4.88 Å². The minimum absolute atomic E-state index is 0.0670. The minimum Gasteiger partial charge on any atom is -0.396 e. The highest BCUT2D eigenvalue weighted by Gasteiger charge is 2.14. The second-order valence-electron chi connectivity index (χ2n) is 4.06. The zero-order valence-corrected chi connectivity index (χ0v) is 12.4. The van der Waals surface area contributed by atoms with E-state index in [1.807, 2.05) is 24.4 Å². The van der Waals surface area contributed by atoms with E-state index in [1.54, 1.807) is 11.3 Å². The molecule has 0 saturated heterocycles. The lowest BCUT2D eigenvalue weighted by atomic mass is 10.1. The Hall–Kier alpha value is -1.23. The summed E-state index contributed by atoms with van der Waals surface area (Å²) in [4.78, 5) is 13.2. The molecule has 0 aliphatic carbocycles. The Bertz CT molecular complexity index is 576. The van der Waals surface area contributed by atoms with Crippen molar-refractivity contribution < 1.29 is 4.79 Å². The van der Waals surface area contributed by atoms with E-state index in [-0.39, 0.29) is 27.7 Å². The molecule has 3 nitrogen and oxygen atoms in total. The number of carbonyl (C=O) groups excluding carboxylic acids is 1. The van der Waals surface area contributed by atoms with Crippen LogP contribution in [0.15, 0.2) is 29.6 Å². The van der Waals surface area contributed by atoms with Crippen LogP contribution in [0.25, 0.3) is 0 Å². The molecular formula is C13H12Cl2N2OS. The van der Waals surface area contributed by atoms with Crippen molar-refractivity contribution in [3.8, 4) is 0 Å². The smallest absolute Gasteiger partial charge is 0.251 e. The monoisotopic (exact) mass is 314 g/mol. The summed E-state index contributed by atoms with van der Waals surface area (Å²) in [6.07, 6.45) is 0. The first-order valence-electron chi connectivity index (χ1n) is 5.58. The van der Waals surface area contributed by atoms with E-state index in [9.17, 15) is 4.79 Å². The molecule has 100 valence electrons. The summed E-state index contributed by atoms with van der Waals surface area (Å²) in [6, 6.07) is 6.87. The number of nitrogens with one attached hydrogen (secondary N) is 1. The average molecular weight is 315 g/mol. The molecule has 3 N–H and O–H groups in total. The van der Waals surface area contributed by atoms with Crippen LogP contribution in [0.1, 0.15) is 28.2 Å². The second kappa shape index (κ2) is 5.82. The van der Waals surface area contributed by atoms with Crippen LogP contribution in [0.5, 0.6) is 0 Å². The van der Waals surface area contributed by atoms with Gasteiger partial charge in [0.05, 0.1) is 21.8 Å². The van der Waals surface area contributed by atoms with E-state index in [0.29, 0.717) is 5.56 Å². The molecule has 0 radical (unpaired) electrons. The number of thiophene rings is 1. The highest BCUT2D eigenvalue weighted by molar-refractivity contribution is 7.10. The SMILES string of the molecule is CC(NC(=O)c1cc(Cl)c(N)c(Cl)c1)c1cccs1. The third-order valence-corrected chi connectivity index (χ3v) is 4.34. The van der Waals surface area contributed by atoms with Crippen LogP contribution in [0.4, 0.5) is 5.69 Å². The number of hydrogen-bond donors (Lipinski definition) is 2. The van der Waals surface area contributed by atoms with E-state index in [2.05, 4.69) is 5.32 Å². The molecule has 19 heavy (non-hydrogen) atoms. The Morgan fingerprint density at radius 2 is 2.00 bits per heavy atom. The Morgan fingerprint density at radius 1 is 1.37 bits per heavy atom. The van der Waals surface area contributed by atoms with E-state index >= 15 is 0 Å². The van der Waals surface area contributed by atoms with Gasteiger partial charge in [-0.25, -0.2) is 0 Å². The number of anilines is 1. The summed E-state index contributed by atoms with van der Waals surface area (Å²) in [7, 11) is 0. The number of hydrogen-bond acceptors (Lipinski definition) is 3. The first-order valence-corrected chi connectivity index (χ1v) is 7.21. The molecule has 6 heteroatoms. The van der Waals surface area contributed by atoms with Crippen molar-refractivity contribution in [1.82, 2.24) is 5.32 Å². The quantitative estimate of drug-likeness (QED) is 0.837. The first kappa shape index (κ1) is 14.2. The largest absolute Gasteiger partial charge is 0.396 e. The van der Waals surface area contributed by atoms with Crippen LogP contribution in [-0.4, -0.2) is 5.91 Å². The van der Waals surface area contributed by atoms with Crippen molar-refractivity contribution in [3.63, 3.8) is 0 Å². The number of nitrogens with two attached hydrogens (primary N) is 1. The number of rotatable bonds is 3. The number of nitrogen functional groups attached to an aromatic ring is 1. The van der Waals surface area contributed by atoms with Crippen LogP contribution in [-0.2, 0) is 0 Å². The van der Waals surface area contributed by atoms with Crippen molar-refractivity contribution in [2.75, 3.05) is 5.73 Å². The number of halogens is 2. The van der Waals surface area contributed by atoms with E-state index < -0.39 is 0 Å². The molecule has 0 fully saturated rings. The predicted octanol–water partition coefficient (Wildman–Crippen LogP) is 4.13. The zero-order valence-electron chi connectivity index (χ0n) is 10.1. The Balaban J connectivity index is 2.16. The Kier molecular flexibility index (Phi) is 4.34. The minimum atomic E-state index is -0.232. The van der Waals surface area contributed by atoms with Gasteiger partial charge in [0.25, 0.3) is 5.91 Å². The van der Waals surface area contributed by atoms with Crippen molar-refractivity contribution in [2.45, 2.75) is 13.0 Å². The molecule has 2 aromatic rings. The number of benzene rings is 1. The van der Waals surface area contributed by atoms with Crippen LogP contribution in [0, 0.1) is 0 Å². The second-order valence-corrected chi connectivity index (χ2v) is 5.86. The molecule has 1 aromatic heterocycles. The summed E-state index contributed by atoms with van der Waals surface area (Å²) >= 11 is 13.4. The first-order chi connectivity index (χ1) is 8.99. The maximum absolute atomic E-state index is 12.1. The molecule has 1 unspecified atom stereocenters. The fraction of sp³-hybridized carbons (Fsp3) is 0.154. The molecule has 1 atom stereocenters. The highest BCUT2D eigenvalue weighted by atomic mass is 35.5. The molecule has 0 bridgehead atoms. The maximum atomic E-state index is 12.1.